The summed E-state index contributed by atoms with van der Waals surface area (Å²) in [6, 6.07) is 0. The number of aliphatic hydroxyl groups excluding tert-OH is 1. The zero-order valence-corrected chi connectivity index (χ0v) is 8.52. The fourth-order valence-electron chi connectivity index (χ4n) is 1.15. The van der Waals surface area contributed by atoms with Gasteiger partial charge in [0.2, 0.25) is 10.0 Å². The minimum Gasteiger partial charge on any atom is -0.396 e. The van der Waals surface area contributed by atoms with Crippen molar-refractivity contribution in [2.24, 2.45) is 5.92 Å². The lowest BCUT2D eigenvalue weighted by Gasteiger charge is -2.04. The quantitative estimate of drug-likeness (QED) is 0.621. The van der Waals surface area contributed by atoms with E-state index in [0.717, 1.165) is 12.3 Å². The predicted octanol–water partition coefficient (Wildman–Crippen LogP) is 0.0883. The number of hydrogen-bond acceptors (Lipinski definition) is 3. The SMILES string of the molecule is O=S(=O)(CCCO)NCCC1CC1. The molecule has 0 spiro atoms. The molecular formula is C8H17NO3S. The Kier molecular flexibility index (Phi) is 4.15. The maximum atomic E-state index is 11.2. The first-order valence-electron chi connectivity index (χ1n) is 4.72. The van der Waals surface area contributed by atoms with Gasteiger partial charge in [-0.2, -0.15) is 0 Å². The van der Waals surface area contributed by atoms with E-state index in [1.54, 1.807) is 0 Å². The molecule has 0 saturated heterocycles. The zero-order valence-electron chi connectivity index (χ0n) is 7.70. The van der Waals surface area contributed by atoms with E-state index in [0.29, 0.717) is 13.0 Å². The van der Waals surface area contributed by atoms with Crippen LogP contribution in [0.2, 0.25) is 0 Å². The van der Waals surface area contributed by atoms with Gasteiger partial charge in [-0.3, -0.25) is 0 Å². The van der Waals surface area contributed by atoms with E-state index in [2.05, 4.69) is 4.72 Å². The molecule has 0 aliphatic heterocycles. The molecule has 0 amide bonds. The molecule has 1 aliphatic rings. The van der Waals surface area contributed by atoms with Crippen molar-refractivity contribution in [2.45, 2.75) is 25.7 Å². The molecule has 1 aliphatic carbocycles. The van der Waals surface area contributed by atoms with Crippen molar-refractivity contribution in [3.8, 4) is 0 Å². The van der Waals surface area contributed by atoms with Crippen molar-refractivity contribution in [3.63, 3.8) is 0 Å². The summed E-state index contributed by atoms with van der Waals surface area (Å²) < 4.78 is 24.9. The van der Waals surface area contributed by atoms with Crippen molar-refractivity contribution < 1.29 is 13.5 Å². The van der Waals surface area contributed by atoms with Crippen LogP contribution in [-0.4, -0.2) is 32.4 Å². The summed E-state index contributed by atoms with van der Waals surface area (Å²) in [4.78, 5) is 0. The third-order valence-corrected chi connectivity index (χ3v) is 3.61. The van der Waals surface area contributed by atoms with Crippen LogP contribution < -0.4 is 4.72 Å². The van der Waals surface area contributed by atoms with Crippen molar-refractivity contribution >= 4 is 10.0 Å². The minimum atomic E-state index is -3.12. The van der Waals surface area contributed by atoms with Gasteiger partial charge in [-0.25, -0.2) is 13.1 Å². The monoisotopic (exact) mass is 207 g/mol. The van der Waals surface area contributed by atoms with Crippen LogP contribution in [0.15, 0.2) is 0 Å². The Balaban J connectivity index is 2.09. The molecule has 0 radical (unpaired) electrons. The highest BCUT2D eigenvalue weighted by molar-refractivity contribution is 7.89. The molecule has 0 aromatic rings. The van der Waals surface area contributed by atoms with Crippen LogP contribution in [0, 0.1) is 5.92 Å². The summed E-state index contributed by atoms with van der Waals surface area (Å²) in [5.74, 6) is 0.786. The van der Waals surface area contributed by atoms with E-state index in [9.17, 15) is 8.42 Å². The third-order valence-electron chi connectivity index (χ3n) is 2.14. The highest BCUT2D eigenvalue weighted by Crippen LogP contribution is 2.31. The lowest BCUT2D eigenvalue weighted by atomic mass is 10.3. The molecule has 0 bridgehead atoms. The second-order valence-electron chi connectivity index (χ2n) is 3.52. The molecule has 0 heterocycles. The summed E-state index contributed by atoms with van der Waals surface area (Å²) in [6.45, 7) is 0.488. The maximum absolute atomic E-state index is 11.2. The Morgan fingerprint density at radius 1 is 1.38 bits per heavy atom. The van der Waals surface area contributed by atoms with Gasteiger partial charge >= 0.3 is 0 Å². The van der Waals surface area contributed by atoms with Crippen LogP contribution in [0.4, 0.5) is 0 Å². The van der Waals surface area contributed by atoms with E-state index in [-0.39, 0.29) is 12.4 Å². The fraction of sp³-hybridized carbons (Fsp3) is 1.00. The Morgan fingerprint density at radius 3 is 2.62 bits per heavy atom. The van der Waals surface area contributed by atoms with Gasteiger partial charge in [0.05, 0.1) is 5.75 Å². The number of rotatable bonds is 7. The molecule has 4 nitrogen and oxygen atoms in total. The number of sulfonamides is 1. The Morgan fingerprint density at radius 2 is 2.08 bits per heavy atom. The standard InChI is InChI=1S/C8H17NO3S/c10-6-1-7-13(11,12)9-5-4-8-2-3-8/h8-10H,1-7H2. The summed E-state index contributed by atoms with van der Waals surface area (Å²) in [6.07, 6.45) is 3.77. The van der Waals surface area contributed by atoms with Gasteiger partial charge in [0.25, 0.3) is 0 Å². The summed E-state index contributed by atoms with van der Waals surface area (Å²) >= 11 is 0. The van der Waals surface area contributed by atoms with Crippen LogP contribution in [0.3, 0.4) is 0 Å². The van der Waals surface area contributed by atoms with Gasteiger partial charge in [0.15, 0.2) is 0 Å². The highest BCUT2D eigenvalue weighted by atomic mass is 32.2. The fourth-order valence-corrected chi connectivity index (χ4v) is 2.23. The summed E-state index contributed by atoms with van der Waals surface area (Å²) in [5.41, 5.74) is 0. The van der Waals surface area contributed by atoms with E-state index in [1.165, 1.54) is 12.8 Å². The molecule has 5 heteroatoms. The normalized spacial score (nSPS) is 17.6. The maximum Gasteiger partial charge on any atom is 0.211 e. The van der Waals surface area contributed by atoms with Gasteiger partial charge in [-0.05, 0) is 18.8 Å². The molecule has 0 unspecified atom stereocenters. The molecule has 2 N–H and O–H groups in total. The lowest BCUT2D eigenvalue weighted by Crippen LogP contribution is -2.27. The molecule has 1 saturated carbocycles. The molecule has 1 rings (SSSR count). The van der Waals surface area contributed by atoms with Crippen LogP contribution in [-0.2, 0) is 10.0 Å². The number of aliphatic hydroxyl groups is 1. The van der Waals surface area contributed by atoms with Crippen molar-refractivity contribution in [1.82, 2.24) is 4.72 Å². The van der Waals surface area contributed by atoms with Crippen LogP contribution >= 0.6 is 0 Å². The first-order chi connectivity index (χ1) is 6.14. The van der Waals surface area contributed by atoms with E-state index in [4.69, 9.17) is 5.11 Å². The summed E-state index contributed by atoms with van der Waals surface area (Å²) in [7, 11) is -3.12. The predicted molar refractivity (Wildman–Crippen MR) is 50.8 cm³/mol. The van der Waals surface area contributed by atoms with Crippen molar-refractivity contribution in [2.75, 3.05) is 18.9 Å². The minimum absolute atomic E-state index is 0.0359. The first-order valence-corrected chi connectivity index (χ1v) is 6.37. The third kappa shape index (κ3) is 5.23. The molecule has 1 fully saturated rings. The van der Waals surface area contributed by atoms with Crippen molar-refractivity contribution in [1.29, 1.82) is 0 Å². The van der Waals surface area contributed by atoms with Gasteiger partial charge in [0, 0.05) is 13.2 Å². The Bertz CT molecular complexity index is 234. The van der Waals surface area contributed by atoms with Crippen LogP contribution in [0.1, 0.15) is 25.7 Å². The molecular weight excluding hydrogens is 190 g/mol. The first kappa shape index (κ1) is 10.9. The Hall–Kier alpha value is -0.130. The molecule has 13 heavy (non-hydrogen) atoms. The second kappa shape index (κ2) is 4.93. The second-order valence-corrected chi connectivity index (χ2v) is 5.45. The van der Waals surface area contributed by atoms with Crippen molar-refractivity contribution in [3.05, 3.63) is 0 Å². The van der Waals surface area contributed by atoms with Gasteiger partial charge < -0.3 is 5.11 Å². The average Bonchev–Trinajstić information content (AvgIpc) is 2.84. The molecule has 78 valence electrons. The van der Waals surface area contributed by atoms with Gasteiger partial charge in [-0.15, -0.1) is 0 Å². The largest absolute Gasteiger partial charge is 0.396 e. The lowest BCUT2D eigenvalue weighted by molar-refractivity contribution is 0.295. The highest BCUT2D eigenvalue weighted by Gasteiger charge is 2.21. The molecule has 0 aromatic heterocycles. The van der Waals surface area contributed by atoms with E-state index >= 15 is 0 Å². The van der Waals surface area contributed by atoms with Gasteiger partial charge in [0.1, 0.15) is 0 Å². The number of hydrogen-bond donors (Lipinski definition) is 2. The molecule has 0 aromatic carbocycles. The Labute approximate surface area is 79.4 Å². The molecule has 0 atom stereocenters. The van der Waals surface area contributed by atoms with Gasteiger partial charge in [-0.1, -0.05) is 12.8 Å². The number of nitrogens with one attached hydrogen (secondary N) is 1. The van der Waals surface area contributed by atoms with Crippen LogP contribution in [0.5, 0.6) is 0 Å². The van der Waals surface area contributed by atoms with E-state index in [1.807, 2.05) is 0 Å². The van der Waals surface area contributed by atoms with E-state index < -0.39 is 10.0 Å². The average molecular weight is 207 g/mol. The zero-order chi connectivity index (χ0) is 9.73. The topological polar surface area (TPSA) is 66.4 Å². The summed E-state index contributed by atoms with van der Waals surface area (Å²) in [5, 5.41) is 8.46. The smallest absolute Gasteiger partial charge is 0.211 e. The van der Waals surface area contributed by atoms with Crippen LogP contribution in [0.25, 0.3) is 0 Å².